The first-order valence-corrected chi connectivity index (χ1v) is 8.49. The fourth-order valence-corrected chi connectivity index (χ4v) is 2.69. The van der Waals surface area contributed by atoms with E-state index in [9.17, 15) is 0 Å². The molecule has 1 heterocycles. The van der Waals surface area contributed by atoms with Gasteiger partial charge < -0.3 is 10.6 Å². The molecule has 1 aromatic heterocycles. The number of anilines is 3. The second-order valence-corrected chi connectivity index (χ2v) is 6.50. The van der Waals surface area contributed by atoms with E-state index < -0.39 is 0 Å². The molecule has 0 bridgehead atoms. The Morgan fingerprint density at radius 1 is 0.800 bits per heavy atom. The molecule has 3 aromatic rings. The van der Waals surface area contributed by atoms with Gasteiger partial charge in [0.2, 0.25) is 5.95 Å². The highest BCUT2D eigenvalue weighted by atomic mass is 15.1. The minimum absolute atomic E-state index is 0.610. The third-order valence-corrected chi connectivity index (χ3v) is 4.08. The lowest BCUT2D eigenvalue weighted by Gasteiger charge is -2.12. The SMILES string of the molecule is Cc1ccc(CNc2cc(C)nc(Nc3ccc(C)cc3C)n2)cc1. The molecule has 2 N–H and O–H groups in total. The van der Waals surface area contributed by atoms with E-state index in [1.165, 1.54) is 22.3 Å². The fraction of sp³-hybridized carbons (Fsp3) is 0.238. The Morgan fingerprint density at radius 2 is 1.52 bits per heavy atom. The number of hydrogen-bond donors (Lipinski definition) is 2. The summed E-state index contributed by atoms with van der Waals surface area (Å²) in [5.41, 5.74) is 6.87. The van der Waals surface area contributed by atoms with Crippen LogP contribution in [0.15, 0.2) is 48.5 Å². The van der Waals surface area contributed by atoms with Crippen molar-refractivity contribution >= 4 is 17.5 Å². The predicted molar refractivity (Wildman–Crippen MR) is 104 cm³/mol. The van der Waals surface area contributed by atoms with Crippen LogP contribution in [0.3, 0.4) is 0 Å². The summed E-state index contributed by atoms with van der Waals surface area (Å²) >= 11 is 0. The number of rotatable bonds is 5. The van der Waals surface area contributed by atoms with Gasteiger partial charge in [0.25, 0.3) is 0 Å². The lowest BCUT2D eigenvalue weighted by molar-refractivity contribution is 1.06. The van der Waals surface area contributed by atoms with Crippen molar-refractivity contribution in [1.82, 2.24) is 9.97 Å². The quantitative estimate of drug-likeness (QED) is 0.685. The molecular weight excluding hydrogens is 308 g/mol. The summed E-state index contributed by atoms with van der Waals surface area (Å²) < 4.78 is 0. The van der Waals surface area contributed by atoms with Gasteiger partial charge in [-0.05, 0) is 44.9 Å². The molecule has 128 valence electrons. The van der Waals surface area contributed by atoms with Gasteiger partial charge in [0.1, 0.15) is 5.82 Å². The standard InChI is InChI=1S/C21H24N4/c1-14-5-8-18(9-6-14)13-22-20-12-17(4)23-21(25-20)24-19-10-7-15(2)11-16(19)3/h5-12H,13H2,1-4H3,(H2,22,23,24,25). The summed E-state index contributed by atoms with van der Waals surface area (Å²) in [5.74, 6) is 1.43. The van der Waals surface area contributed by atoms with Gasteiger partial charge in [0.05, 0.1) is 0 Å². The molecular formula is C21H24N4. The summed E-state index contributed by atoms with van der Waals surface area (Å²) in [7, 11) is 0. The van der Waals surface area contributed by atoms with E-state index in [0.29, 0.717) is 5.95 Å². The predicted octanol–water partition coefficient (Wildman–Crippen LogP) is 5.07. The summed E-state index contributed by atoms with van der Waals surface area (Å²) in [6, 6.07) is 16.8. The third-order valence-electron chi connectivity index (χ3n) is 4.08. The van der Waals surface area contributed by atoms with Crippen LogP contribution < -0.4 is 10.6 Å². The van der Waals surface area contributed by atoms with Crippen molar-refractivity contribution in [2.45, 2.75) is 34.2 Å². The summed E-state index contributed by atoms with van der Waals surface area (Å²) in [6.45, 7) is 8.98. The highest BCUT2D eigenvalue weighted by Gasteiger charge is 2.05. The number of aryl methyl sites for hydroxylation is 4. The van der Waals surface area contributed by atoms with Gasteiger partial charge in [-0.25, -0.2) is 4.98 Å². The Balaban J connectivity index is 1.74. The molecule has 0 unspecified atom stereocenters. The Labute approximate surface area is 149 Å². The normalized spacial score (nSPS) is 10.6. The number of nitrogens with one attached hydrogen (secondary N) is 2. The van der Waals surface area contributed by atoms with Gasteiger partial charge in [-0.1, -0.05) is 47.5 Å². The van der Waals surface area contributed by atoms with Gasteiger partial charge in [0.15, 0.2) is 0 Å². The molecule has 0 radical (unpaired) electrons. The average Bonchev–Trinajstić information content (AvgIpc) is 2.56. The van der Waals surface area contributed by atoms with E-state index in [1.54, 1.807) is 0 Å². The Bertz CT molecular complexity index is 870. The van der Waals surface area contributed by atoms with E-state index in [2.05, 4.69) is 83.8 Å². The van der Waals surface area contributed by atoms with Crippen LogP contribution in [-0.2, 0) is 6.54 Å². The Hall–Kier alpha value is -2.88. The summed E-state index contributed by atoms with van der Waals surface area (Å²) in [6.07, 6.45) is 0. The molecule has 4 nitrogen and oxygen atoms in total. The average molecular weight is 332 g/mol. The molecule has 0 fully saturated rings. The number of hydrogen-bond acceptors (Lipinski definition) is 4. The first-order valence-electron chi connectivity index (χ1n) is 8.49. The highest BCUT2D eigenvalue weighted by Crippen LogP contribution is 2.21. The zero-order valence-electron chi connectivity index (χ0n) is 15.2. The van der Waals surface area contributed by atoms with E-state index in [-0.39, 0.29) is 0 Å². The van der Waals surface area contributed by atoms with Crippen molar-refractivity contribution in [1.29, 1.82) is 0 Å². The minimum atomic E-state index is 0.610. The molecule has 0 aliphatic heterocycles. The van der Waals surface area contributed by atoms with Crippen molar-refractivity contribution in [2.24, 2.45) is 0 Å². The van der Waals surface area contributed by atoms with Crippen molar-refractivity contribution in [3.63, 3.8) is 0 Å². The monoisotopic (exact) mass is 332 g/mol. The van der Waals surface area contributed by atoms with Crippen LogP contribution in [0.25, 0.3) is 0 Å². The van der Waals surface area contributed by atoms with Crippen molar-refractivity contribution in [3.05, 3.63) is 76.5 Å². The molecule has 0 saturated carbocycles. The van der Waals surface area contributed by atoms with Crippen molar-refractivity contribution in [2.75, 3.05) is 10.6 Å². The van der Waals surface area contributed by atoms with E-state index in [1.807, 2.05) is 13.0 Å². The van der Waals surface area contributed by atoms with Crippen LogP contribution in [0, 0.1) is 27.7 Å². The zero-order chi connectivity index (χ0) is 17.8. The molecule has 0 saturated heterocycles. The fourth-order valence-electron chi connectivity index (χ4n) is 2.69. The zero-order valence-corrected chi connectivity index (χ0v) is 15.2. The van der Waals surface area contributed by atoms with Gasteiger partial charge >= 0.3 is 0 Å². The smallest absolute Gasteiger partial charge is 0.229 e. The van der Waals surface area contributed by atoms with Crippen molar-refractivity contribution < 1.29 is 0 Å². The molecule has 0 aliphatic carbocycles. The molecule has 25 heavy (non-hydrogen) atoms. The second kappa shape index (κ2) is 7.34. The number of aromatic nitrogens is 2. The molecule has 3 rings (SSSR count). The van der Waals surface area contributed by atoms with E-state index >= 15 is 0 Å². The molecule has 2 aromatic carbocycles. The first-order chi connectivity index (χ1) is 12.0. The maximum absolute atomic E-state index is 4.59. The Morgan fingerprint density at radius 3 is 2.24 bits per heavy atom. The molecule has 0 spiro atoms. The third kappa shape index (κ3) is 4.57. The minimum Gasteiger partial charge on any atom is -0.366 e. The van der Waals surface area contributed by atoms with E-state index in [4.69, 9.17) is 0 Å². The van der Waals surface area contributed by atoms with Gasteiger partial charge in [0, 0.05) is 24.0 Å². The van der Waals surface area contributed by atoms with Crippen LogP contribution in [-0.4, -0.2) is 9.97 Å². The van der Waals surface area contributed by atoms with Crippen LogP contribution >= 0.6 is 0 Å². The Kier molecular flexibility index (Phi) is 4.98. The maximum atomic E-state index is 4.59. The van der Waals surface area contributed by atoms with E-state index in [0.717, 1.165) is 23.7 Å². The van der Waals surface area contributed by atoms with Gasteiger partial charge in [-0.3, -0.25) is 0 Å². The van der Waals surface area contributed by atoms with Crippen LogP contribution in [0.5, 0.6) is 0 Å². The largest absolute Gasteiger partial charge is 0.366 e. The van der Waals surface area contributed by atoms with Crippen molar-refractivity contribution in [3.8, 4) is 0 Å². The van der Waals surface area contributed by atoms with Crippen LogP contribution in [0.4, 0.5) is 17.5 Å². The first kappa shape index (κ1) is 17.0. The van der Waals surface area contributed by atoms with Gasteiger partial charge in [-0.15, -0.1) is 0 Å². The summed E-state index contributed by atoms with van der Waals surface area (Å²) in [5, 5.41) is 6.70. The van der Waals surface area contributed by atoms with Crippen LogP contribution in [0.2, 0.25) is 0 Å². The van der Waals surface area contributed by atoms with Crippen LogP contribution in [0.1, 0.15) is 27.9 Å². The topological polar surface area (TPSA) is 49.8 Å². The molecule has 0 amide bonds. The lowest BCUT2D eigenvalue weighted by atomic mass is 10.1. The lowest BCUT2D eigenvalue weighted by Crippen LogP contribution is -2.06. The number of nitrogens with zero attached hydrogens (tertiary/aromatic N) is 2. The molecule has 0 atom stereocenters. The molecule has 4 heteroatoms. The highest BCUT2D eigenvalue weighted by molar-refractivity contribution is 5.60. The second-order valence-electron chi connectivity index (χ2n) is 6.50. The maximum Gasteiger partial charge on any atom is 0.229 e. The van der Waals surface area contributed by atoms with Gasteiger partial charge in [-0.2, -0.15) is 4.98 Å². The summed E-state index contributed by atoms with van der Waals surface area (Å²) in [4.78, 5) is 9.09. The molecule has 0 aliphatic rings. The number of benzene rings is 2.